The summed E-state index contributed by atoms with van der Waals surface area (Å²) in [6.07, 6.45) is 0. The van der Waals surface area contributed by atoms with E-state index in [1.807, 2.05) is 30.3 Å². The molecule has 0 aromatic heterocycles. The molecule has 0 saturated carbocycles. The molecule has 1 amide bonds. The molecule has 0 bridgehead atoms. The zero-order chi connectivity index (χ0) is 13.1. The molecule has 18 heavy (non-hydrogen) atoms. The van der Waals surface area contributed by atoms with Crippen LogP contribution in [0.3, 0.4) is 0 Å². The van der Waals surface area contributed by atoms with Gasteiger partial charge in [-0.2, -0.15) is 0 Å². The van der Waals surface area contributed by atoms with Crippen LogP contribution in [0, 0.1) is 0 Å². The summed E-state index contributed by atoms with van der Waals surface area (Å²) in [7, 11) is 0. The van der Waals surface area contributed by atoms with E-state index in [1.54, 1.807) is 13.0 Å². The molecule has 0 aliphatic rings. The minimum Gasteiger partial charge on any atom is -0.394 e. The fourth-order valence-corrected chi connectivity index (χ4v) is 2.25. The van der Waals surface area contributed by atoms with Gasteiger partial charge >= 0.3 is 0 Å². The number of halogens is 1. The number of fused-ring (bicyclic) bond motifs is 1. The molecule has 0 spiro atoms. The second kappa shape index (κ2) is 5.50. The summed E-state index contributed by atoms with van der Waals surface area (Å²) in [5.74, 6) is -0.168. The van der Waals surface area contributed by atoms with Crippen molar-refractivity contribution in [3.05, 3.63) is 46.4 Å². The van der Waals surface area contributed by atoms with Crippen molar-refractivity contribution >= 4 is 32.6 Å². The number of aliphatic hydroxyl groups excluding tert-OH is 1. The Hall–Kier alpha value is -1.39. The first kappa shape index (κ1) is 13.1. The van der Waals surface area contributed by atoms with Gasteiger partial charge in [-0.1, -0.05) is 34.1 Å². The summed E-state index contributed by atoms with van der Waals surface area (Å²) >= 11 is 3.48. The monoisotopic (exact) mass is 307 g/mol. The van der Waals surface area contributed by atoms with Gasteiger partial charge in [0.25, 0.3) is 5.91 Å². The van der Waals surface area contributed by atoms with Crippen LogP contribution in [0.2, 0.25) is 0 Å². The molecule has 0 heterocycles. The van der Waals surface area contributed by atoms with E-state index in [2.05, 4.69) is 21.2 Å². The quantitative estimate of drug-likeness (QED) is 0.916. The molecule has 94 valence electrons. The van der Waals surface area contributed by atoms with Crippen LogP contribution in [0.5, 0.6) is 0 Å². The summed E-state index contributed by atoms with van der Waals surface area (Å²) in [4.78, 5) is 11.9. The van der Waals surface area contributed by atoms with E-state index in [0.717, 1.165) is 15.2 Å². The lowest BCUT2D eigenvalue weighted by molar-refractivity contribution is 0.0922. The molecular weight excluding hydrogens is 294 g/mol. The van der Waals surface area contributed by atoms with Gasteiger partial charge in [0.05, 0.1) is 6.61 Å². The molecule has 2 aromatic carbocycles. The maximum atomic E-state index is 11.9. The lowest BCUT2D eigenvalue weighted by atomic mass is 10.1. The molecule has 1 atom stereocenters. The van der Waals surface area contributed by atoms with E-state index in [-0.39, 0.29) is 18.6 Å². The van der Waals surface area contributed by atoms with Gasteiger partial charge in [0.1, 0.15) is 0 Å². The second-order valence-corrected chi connectivity index (χ2v) is 5.09. The van der Waals surface area contributed by atoms with Crippen LogP contribution in [-0.4, -0.2) is 23.7 Å². The van der Waals surface area contributed by atoms with Gasteiger partial charge in [0, 0.05) is 16.1 Å². The van der Waals surface area contributed by atoms with Gasteiger partial charge in [-0.15, -0.1) is 0 Å². The molecule has 0 radical (unpaired) electrons. The molecule has 0 aliphatic heterocycles. The SMILES string of the molecule is C[C@H](CO)NC(=O)c1ccc2c(Br)cccc2c1. The summed E-state index contributed by atoms with van der Waals surface area (Å²) in [6.45, 7) is 1.69. The van der Waals surface area contributed by atoms with Crippen LogP contribution in [0.25, 0.3) is 10.8 Å². The Balaban J connectivity index is 2.33. The largest absolute Gasteiger partial charge is 0.394 e. The lowest BCUT2D eigenvalue weighted by Gasteiger charge is -2.11. The Morgan fingerprint density at radius 3 is 2.89 bits per heavy atom. The minimum absolute atomic E-state index is 0.0646. The maximum absolute atomic E-state index is 11.9. The Bertz CT molecular complexity index is 583. The first-order chi connectivity index (χ1) is 8.61. The topological polar surface area (TPSA) is 49.3 Å². The van der Waals surface area contributed by atoms with Crippen molar-refractivity contribution in [3.8, 4) is 0 Å². The predicted octanol–water partition coefficient (Wildman–Crippen LogP) is 2.71. The van der Waals surface area contributed by atoms with Crippen molar-refractivity contribution in [1.29, 1.82) is 0 Å². The van der Waals surface area contributed by atoms with E-state index in [4.69, 9.17) is 5.11 Å². The van der Waals surface area contributed by atoms with Crippen LogP contribution in [0.15, 0.2) is 40.9 Å². The predicted molar refractivity (Wildman–Crippen MR) is 75.7 cm³/mol. The van der Waals surface area contributed by atoms with Crippen molar-refractivity contribution in [2.24, 2.45) is 0 Å². The molecule has 2 N–H and O–H groups in total. The van der Waals surface area contributed by atoms with Crippen LogP contribution >= 0.6 is 15.9 Å². The summed E-state index contributed by atoms with van der Waals surface area (Å²) in [5.41, 5.74) is 0.598. The summed E-state index contributed by atoms with van der Waals surface area (Å²) in [5, 5.41) is 13.7. The maximum Gasteiger partial charge on any atom is 0.251 e. The number of carbonyl (C=O) groups is 1. The highest BCUT2D eigenvalue weighted by molar-refractivity contribution is 9.10. The van der Waals surface area contributed by atoms with E-state index in [1.165, 1.54) is 0 Å². The molecule has 0 saturated heterocycles. The number of rotatable bonds is 3. The number of benzene rings is 2. The zero-order valence-corrected chi connectivity index (χ0v) is 11.6. The van der Waals surface area contributed by atoms with E-state index < -0.39 is 0 Å². The molecule has 0 fully saturated rings. The fraction of sp³-hybridized carbons (Fsp3) is 0.214. The standard InChI is InChI=1S/C14H14BrNO2/c1-9(8-17)16-14(18)11-5-6-12-10(7-11)3-2-4-13(12)15/h2-7,9,17H,8H2,1H3,(H,16,18)/t9-/m1/s1. The van der Waals surface area contributed by atoms with Crippen molar-refractivity contribution in [3.63, 3.8) is 0 Å². The van der Waals surface area contributed by atoms with Crippen molar-refractivity contribution < 1.29 is 9.90 Å². The summed E-state index contributed by atoms with van der Waals surface area (Å²) < 4.78 is 1.01. The lowest BCUT2D eigenvalue weighted by Crippen LogP contribution is -2.34. The highest BCUT2D eigenvalue weighted by atomic mass is 79.9. The number of amides is 1. The molecule has 2 rings (SSSR count). The van der Waals surface area contributed by atoms with Crippen LogP contribution in [0.4, 0.5) is 0 Å². The van der Waals surface area contributed by atoms with Gasteiger partial charge < -0.3 is 10.4 Å². The molecule has 4 heteroatoms. The third kappa shape index (κ3) is 2.71. The molecular formula is C14H14BrNO2. The van der Waals surface area contributed by atoms with E-state index >= 15 is 0 Å². The first-order valence-electron chi connectivity index (χ1n) is 5.72. The van der Waals surface area contributed by atoms with Crippen molar-refractivity contribution in [1.82, 2.24) is 5.32 Å². The Morgan fingerprint density at radius 2 is 2.17 bits per heavy atom. The molecule has 0 aliphatic carbocycles. The van der Waals surface area contributed by atoms with Crippen LogP contribution in [-0.2, 0) is 0 Å². The Morgan fingerprint density at radius 1 is 1.39 bits per heavy atom. The van der Waals surface area contributed by atoms with Crippen LogP contribution in [0.1, 0.15) is 17.3 Å². The molecule has 0 unspecified atom stereocenters. The molecule has 2 aromatic rings. The third-order valence-corrected chi connectivity index (χ3v) is 3.43. The zero-order valence-electron chi connectivity index (χ0n) is 9.98. The average Bonchev–Trinajstić information content (AvgIpc) is 2.38. The highest BCUT2D eigenvalue weighted by Crippen LogP contribution is 2.24. The normalized spacial score (nSPS) is 12.4. The van der Waals surface area contributed by atoms with Crippen LogP contribution < -0.4 is 5.32 Å². The van der Waals surface area contributed by atoms with Gasteiger partial charge in [0.2, 0.25) is 0 Å². The number of nitrogens with one attached hydrogen (secondary N) is 1. The van der Waals surface area contributed by atoms with E-state index in [9.17, 15) is 4.79 Å². The van der Waals surface area contributed by atoms with E-state index in [0.29, 0.717) is 5.56 Å². The molecule has 3 nitrogen and oxygen atoms in total. The average molecular weight is 308 g/mol. The highest BCUT2D eigenvalue weighted by Gasteiger charge is 2.09. The minimum atomic E-state index is -0.240. The Labute approximate surface area is 114 Å². The number of hydrogen-bond acceptors (Lipinski definition) is 2. The van der Waals surface area contributed by atoms with Gasteiger partial charge in [-0.3, -0.25) is 4.79 Å². The number of aliphatic hydroxyl groups is 1. The Kier molecular flexibility index (Phi) is 3.99. The number of hydrogen-bond donors (Lipinski definition) is 2. The van der Waals surface area contributed by atoms with Crippen molar-refractivity contribution in [2.75, 3.05) is 6.61 Å². The fourth-order valence-electron chi connectivity index (χ4n) is 1.74. The van der Waals surface area contributed by atoms with Gasteiger partial charge in [-0.05, 0) is 35.9 Å². The smallest absolute Gasteiger partial charge is 0.251 e. The third-order valence-electron chi connectivity index (χ3n) is 2.74. The van der Waals surface area contributed by atoms with Gasteiger partial charge in [-0.25, -0.2) is 0 Å². The van der Waals surface area contributed by atoms with Gasteiger partial charge in [0.15, 0.2) is 0 Å². The number of carbonyl (C=O) groups excluding carboxylic acids is 1. The second-order valence-electron chi connectivity index (χ2n) is 4.23. The first-order valence-corrected chi connectivity index (χ1v) is 6.51. The van der Waals surface area contributed by atoms with Crippen molar-refractivity contribution in [2.45, 2.75) is 13.0 Å². The summed E-state index contributed by atoms with van der Waals surface area (Å²) in [6, 6.07) is 11.2.